The molecule has 0 amide bonds. The molecule has 0 saturated heterocycles. The highest BCUT2D eigenvalue weighted by atomic mass is 14.4. The van der Waals surface area contributed by atoms with Crippen molar-refractivity contribution < 1.29 is 0 Å². The fourth-order valence-corrected chi connectivity index (χ4v) is 15.0. The van der Waals surface area contributed by atoms with E-state index in [4.69, 9.17) is 0 Å². The number of fused-ring (bicyclic) bond motifs is 3. The van der Waals surface area contributed by atoms with Gasteiger partial charge in [0.15, 0.2) is 0 Å². The van der Waals surface area contributed by atoms with Crippen molar-refractivity contribution in [1.29, 1.82) is 0 Å². The summed E-state index contributed by atoms with van der Waals surface area (Å²) in [6.45, 7) is 6.58. The van der Waals surface area contributed by atoms with E-state index in [1.807, 2.05) is 0 Å². The van der Waals surface area contributed by atoms with Crippen molar-refractivity contribution in [2.24, 2.45) is 0 Å². The maximum absolute atomic E-state index is 2.50. The number of hydrogen-bond acceptors (Lipinski definition) is 0. The Hall–Kier alpha value is -10.9. The van der Waals surface area contributed by atoms with Gasteiger partial charge in [-0.25, -0.2) is 0 Å². The van der Waals surface area contributed by atoms with Crippen LogP contribution in [0.25, 0.3) is 66.8 Å². The topological polar surface area (TPSA) is 0 Å². The minimum absolute atomic E-state index is 0.0414. The SMILES string of the molecule is Cc1ccc(C2C(c3ccccc3)=C(c3ccccc3)c3cc(-c4cc(-c5ccc(C6C(c7ccccc7)=C(c7ccccc7)c7cc(C)ccc76)cc5)cc(-c5ccc6c(c5)C(c5ccccc5)=C(c5ccccc5)C6c5ccc(C)cc5)c4)ccc32)cc1. The number of allylic oxidation sites excluding steroid dienone is 3. The van der Waals surface area contributed by atoms with Crippen LogP contribution in [-0.4, -0.2) is 0 Å². The molecule has 0 bridgehead atoms. The molecule has 0 N–H and O–H groups in total. The van der Waals surface area contributed by atoms with Crippen LogP contribution in [0.4, 0.5) is 0 Å². The van der Waals surface area contributed by atoms with Gasteiger partial charge in [-0.05, 0) is 201 Å². The van der Waals surface area contributed by atoms with Crippen molar-refractivity contribution in [3.8, 4) is 33.4 Å². The van der Waals surface area contributed by atoms with Crippen molar-refractivity contribution in [3.05, 3.63) is 428 Å². The first-order chi connectivity index (χ1) is 44.4. The fraction of sp³-hybridized carbons (Fsp3) is 0.0667. The zero-order valence-electron chi connectivity index (χ0n) is 50.9. The van der Waals surface area contributed by atoms with Gasteiger partial charge < -0.3 is 0 Å². The van der Waals surface area contributed by atoms with Gasteiger partial charge in [-0.15, -0.1) is 0 Å². The van der Waals surface area contributed by atoms with Crippen molar-refractivity contribution in [2.45, 2.75) is 38.5 Å². The van der Waals surface area contributed by atoms with Gasteiger partial charge in [0.2, 0.25) is 0 Å². The summed E-state index contributed by atoms with van der Waals surface area (Å²) in [5.74, 6) is 0.138. The molecule has 0 nitrogen and oxygen atoms in total. The Morgan fingerprint density at radius 2 is 0.433 bits per heavy atom. The van der Waals surface area contributed by atoms with Gasteiger partial charge in [-0.2, -0.15) is 0 Å². The lowest BCUT2D eigenvalue weighted by atomic mass is 9.83. The molecule has 3 aliphatic carbocycles. The first-order valence-corrected chi connectivity index (χ1v) is 31.7. The molecule has 3 unspecified atom stereocenters. The average molecular weight is 1150 g/mol. The van der Waals surface area contributed by atoms with E-state index in [-0.39, 0.29) is 17.8 Å². The van der Waals surface area contributed by atoms with E-state index in [2.05, 4.69) is 348 Å². The molecule has 13 aromatic carbocycles. The summed E-state index contributed by atoms with van der Waals surface area (Å²) in [5, 5.41) is 0. The molecule has 0 aliphatic heterocycles. The zero-order chi connectivity index (χ0) is 60.2. The van der Waals surface area contributed by atoms with E-state index in [0.29, 0.717) is 0 Å². The van der Waals surface area contributed by atoms with Crippen molar-refractivity contribution in [3.63, 3.8) is 0 Å². The highest BCUT2D eigenvalue weighted by molar-refractivity contribution is 6.10. The van der Waals surface area contributed by atoms with Gasteiger partial charge in [0.1, 0.15) is 0 Å². The minimum atomic E-state index is 0.0414. The lowest BCUT2D eigenvalue weighted by Crippen LogP contribution is -2.02. The molecule has 3 atom stereocenters. The van der Waals surface area contributed by atoms with Crippen LogP contribution in [-0.2, 0) is 0 Å². The van der Waals surface area contributed by atoms with E-state index in [1.165, 1.54) is 167 Å². The summed E-state index contributed by atoms with van der Waals surface area (Å²) in [6.07, 6.45) is 0. The van der Waals surface area contributed by atoms with Gasteiger partial charge in [0.25, 0.3) is 0 Å². The van der Waals surface area contributed by atoms with Crippen LogP contribution in [0, 0.1) is 20.8 Å². The Morgan fingerprint density at radius 3 is 0.767 bits per heavy atom. The maximum Gasteiger partial charge on any atom is 0.0358 e. The quantitative estimate of drug-likeness (QED) is 0.114. The number of rotatable bonds is 12. The van der Waals surface area contributed by atoms with Gasteiger partial charge in [-0.1, -0.05) is 314 Å². The molecule has 0 fully saturated rings. The van der Waals surface area contributed by atoms with E-state index in [9.17, 15) is 0 Å². The summed E-state index contributed by atoms with van der Waals surface area (Å²) < 4.78 is 0. The van der Waals surface area contributed by atoms with E-state index < -0.39 is 0 Å². The largest absolute Gasteiger partial charge is 0.0622 e. The maximum atomic E-state index is 2.50. The molecular formula is C90H66. The van der Waals surface area contributed by atoms with Crippen LogP contribution in [0.1, 0.15) is 118 Å². The molecule has 16 rings (SSSR count). The monoisotopic (exact) mass is 1150 g/mol. The van der Waals surface area contributed by atoms with Crippen molar-refractivity contribution in [1.82, 2.24) is 0 Å². The first kappa shape index (κ1) is 54.5. The Labute approximate surface area is 529 Å². The Morgan fingerprint density at radius 1 is 0.178 bits per heavy atom. The molecule has 0 heterocycles. The zero-order valence-corrected chi connectivity index (χ0v) is 50.9. The van der Waals surface area contributed by atoms with Gasteiger partial charge in [-0.3, -0.25) is 0 Å². The Kier molecular flexibility index (Phi) is 13.9. The predicted molar refractivity (Wildman–Crippen MR) is 378 cm³/mol. The standard InChI is InChI=1S/C90H66/c1-58-34-39-68(40-35-58)82-77-50-47-71(56-80(77)86(63-24-12-5-13-25-63)89(82)66-30-18-8-19-31-66)74-53-73(61-43-45-70(46-44-61)84-76-49-38-60(3)52-79(76)85(62-22-10-4-11-23-62)88(84)65-28-16-7-17-29-65)54-75(55-74)72-48-51-78-81(57-72)87(64-26-14-6-15-27-64)90(67-32-20-9-21-33-67)83(78)69-41-36-59(2)37-42-69/h4-57,82-84H,1-3H3. The third-order valence-electron chi connectivity index (χ3n) is 19.2. The highest BCUT2D eigenvalue weighted by Gasteiger charge is 2.38. The third kappa shape index (κ3) is 9.73. The summed E-state index contributed by atoms with van der Waals surface area (Å²) in [4.78, 5) is 0. The summed E-state index contributed by atoms with van der Waals surface area (Å²) in [6, 6.07) is 123. The van der Waals surface area contributed by atoms with Gasteiger partial charge in [0.05, 0.1) is 0 Å². The van der Waals surface area contributed by atoms with Gasteiger partial charge >= 0.3 is 0 Å². The minimum Gasteiger partial charge on any atom is -0.0622 e. The second-order valence-electron chi connectivity index (χ2n) is 24.8. The molecule has 3 aliphatic rings. The van der Waals surface area contributed by atoms with Crippen LogP contribution in [0.3, 0.4) is 0 Å². The molecule has 0 aromatic heterocycles. The molecule has 0 heteroatoms. The molecule has 13 aromatic rings. The fourth-order valence-electron chi connectivity index (χ4n) is 15.0. The van der Waals surface area contributed by atoms with E-state index in [1.54, 1.807) is 0 Å². The van der Waals surface area contributed by atoms with Crippen LogP contribution < -0.4 is 0 Å². The second-order valence-corrected chi connectivity index (χ2v) is 24.8. The lowest BCUT2D eigenvalue weighted by molar-refractivity contribution is 1.06. The Bertz CT molecular complexity index is 4720. The first-order valence-electron chi connectivity index (χ1n) is 31.7. The molecular weight excluding hydrogens is 1080 g/mol. The molecule has 90 heavy (non-hydrogen) atoms. The van der Waals surface area contributed by atoms with Crippen LogP contribution in [0.5, 0.6) is 0 Å². The predicted octanol–water partition coefficient (Wildman–Crippen LogP) is 22.9. The van der Waals surface area contributed by atoms with Crippen LogP contribution >= 0.6 is 0 Å². The molecule has 426 valence electrons. The van der Waals surface area contributed by atoms with Crippen molar-refractivity contribution >= 4 is 33.4 Å². The molecule has 0 saturated carbocycles. The van der Waals surface area contributed by atoms with E-state index in [0.717, 1.165) is 0 Å². The van der Waals surface area contributed by atoms with Crippen LogP contribution in [0.2, 0.25) is 0 Å². The highest BCUT2D eigenvalue weighted by Crippen LogP contribution is 2.57. The Balaban J connectivity index is 0.901. The third-order valence-corrected chi connectivity index (χ3v) is 19.2. The number of aryl methyl sites for hydroxylation is 3. The second kappa shape index (κ2) is 23.0. The number of hydrogen-bond donors (Lipinski definition) is 0. The molecule has 0 spiro atoms. The smallest absolute Gasteiger partial charge is 0.0358 e. The average Bonchev–Trinajstić information content (AvgIpc) is 1.61. The van der Waals surface area contributed by atoms with Crippen molar-refractivity contribution in [2.75, 3.05) is 0 Å². The van der Waals surface area contributed by atoms with Crippen LogP contribution in [0.15, 0.2) is 328 Å². The summed E-state index contributed by atoms with van der Waals surface area (Å²) >= 11 is 0. The lowest BCUT2D eigenvalue weighted by Gasteiger charge is -2.20. The van der Waals surface area contributed by atoms with Gasteiger partial charge in [0, 0.05) is 17.8 Å². The number of benzene rings is 13. The normalized spacial score (nSPS) is 15.7. The summed E-state index contributed by atoms with van der Waals surface area (Å²) in [5.41, 5.74) is 37.9. The molecule has 0 radical (unpaired) electrons. The summed E-state index contributed by atoms with van der Waals surface area (Å²) in [7, 11) is 0. The van der Waals surface area contributed by atoms with E-state index >= 15 is 0 Å².